The maximum Gasteiger partial charge on any atom is 0.113 e. The fourth-order valence-corrected chi connectivity index (χ4v) is 9.62. The summed E-state index contributed by atoms with van der Waals surface area (Å²) < 4.78 is 2.43. The third kappa shape index (κ3) is 3.36. The highest BCUT2D eigenvalue weighted by atomic mass is 28.3. The normalized spacial score (nSPS) is 13.4. The highest BCUT2D eigenvalue weighted by Crippen LogP contribution is 2.37. The summed E-state index contributed by atoms with van der Waals surface area (Å²) in [5, 5.41) is 5.54. The van der Waals surface area contributed by atoms with E-state index in [1.807, 2.05) is 36.9 Å². The number of pyridine rings is 2. The van der Waals surface area contributed by atoms with Crippen LogP contribution in [0.1, 0.15) is 0 Å². The van der Waals surface area contributed by atoms with E-state index in [0.717, 1.165) is 11.1 Å². The molecule has 0 fully saturated rings. The van der Waals surface area contributed by atoms with Crippen LogP contribution in [0.4, 0.5) is 0 Å². The highest BCUT2D eigenvalue weighted by molar-refractivity contribution is 7.03. The fraction of sp³-hybridized carbons (Fsp3) is 0.0556. The molecule has 4 aromatic carbocycles. The molecule has 3 aromatic heterocycles. The number of rotatable bonds is 3. The maximum absolute atomic E-state index is 4.36. The smallest absolute Gasteiger partial charge is 0.113 e. The second kappa shape index (κ2) is 8.60. The predicted octanol–water partition coefficient (Wildman–Crippen LogP) is 7.71. The summed E-state index contributed by atoms with van der Waals surface area (Å²) >= 11 is 0. The van der Waals surface area contributed by atoms with E-state index in [1.54, 1.807) is 0 Å². The van der Waals surface area contributed by atoms with Gasteiger partial charge in [-0.1, -0.05) is 67.7 Å². The van der Waals surface area contributed by atoms with Crippen molar-refractivity contribution in [1.82, 2.24) is 14.5 Å². The Morgan fingerprint density at radius 3 is 1.88 bits per heavy atom. The summed E-state index contributed by atoms with van der Waals surface area (Å²) in [6.45, 7) is 4.95. The summed E-state index contributed by atoms with van der Waals surface area (Å²) in [6, 6.07) is 37.9. The Balaban J connectivity index is 1.35. The standard InChI is InChI=1S/C36H27N3Si/c1-40(2)35-15-12-25(27-8-6-18-38-23-27)20-31(35)32-21-28(13-16-36(32)40)39-33-10-4-3-9-29(33)30-19-24(11-14-34(30)39)26-7-5-17-37-22-26/h3-23H,1-2H3. The van der Waals surface area contributed by atoms with Crippen LogP contribution in [0.25, 0.3) is 60.9 Å². The number of para-hydroxylation sites is 1. The fourth-order valence-electron chi connectivity index (χ4n) is 6.57. The van der Waals surface area contributed by atoms with Crippen LogP contribution in [0, 0.1) is 0 Å². The molecule has 1 aliphatic rings. The van der Waals surface area contributed by atoms with E-state index in [0.29, 0.717) is 0 Å². The van der Waals surface area contributed by atoms with Crippen LogP contribution in [-0.2, 0) is 0 Å². The van der Waals surface area contributed by atoms with Crippen LogP contribution >= 0.6 is 0 Å². The average molecular weight is 530 g/mol. The molecule has 0 saturated heterocycles. The van der Waals surface area contributed by atoms with Gasteiger partial charge in [0, 0.05) is 52.4 Å². The van der Waals surface area contributed by atoms with Crippen molar-refractivity contribution in [2.75, 3.05) is 0 Å². The topological polar surface area (TPSA) is 30.7 Å². The van der Waals surface area contributed by atoms with E-state index in [-0.39, 0.29) is 0 Å². The third-order valence-electron chi connectivity index (χ3n) is 8.58. The molecule has 0 radical (unpaired) electrons. The number of hydrogen-bond donors (Lipinski definition) is 0. The van der Waals surface area contributed by atoms with Gasteiger partial charge in [0.15, 0.2) is 0 Å². The van der Waals surface area contributed by atoms with Gasteiger partial charge < -0.3 is 4.57 Å². The van der Waals surface area contributed by atoms with Crippen molar-refractivity contribution in [1.29, 1.82) is 0 Å². The van der Waals surface area contributed by atoms with Crippen LogP contribution in [0.2, 0.25) is 13.1 Å². The van der Waals surface area contributed by atoms with Gasteiger partial charge in [-0.15, -0.1) is 0 Å². The lowest BCUT2D eigenvalue weighted by atomic mass is 9.99. The van der Waals surface area contributed by atoms with E-state index in [9.17, 15) is 0 Å². The zero-order valence-corrected chi connectivity index (χ0v) is 23.5. The van der Waals surface area contributed by atoms with Gasteiger partial charge in [-0.2, -0.15) is 0 Å². The van der Waals surface area contributed by atoms with E-state index in [2.05, 4.69) is 119 Å². The van der Waals surface area contributed by atoms with E-state index in [1.165, 1.54) is 60.1 Å². The molecular weight excluding hydrogens is 503 g/mol. The molecule has 0 aliphatic carbocycles. The third-order valence-corrected chi connectivity index (χ3v) is 12.1. The van der Waals surface area contributed by atoms with Crippen molar-refractivity contribution < 1.29 is 0 Å². The molecule has 1 aliphatic heterocycles. The Labute approximate surface area is 234 Å². The van der Waals surface area contributed by atoms with Crippen LogP contribution in [0.5, 0.6) is 0 Å². The summed E-state index contributed by atoms with van der Waals surface area (Å²) in [6.07, 6.45) is 7.54. The van der Waals surface area contributed by atoms with Crippen LogP contribution in [0.3, 0.4) is 0 Å². The van der Waals surface area contributed by atoms with Crippen molar-refractivity contribution in [2.24, 2.45) is 0 Å². The molecule has 7 aromatic rings. The second-order valence-electron chi connectivity index (χ2n) is 11.2. The first kappa shape index (κ1) is 23.1. The minimum absolute atomic E-state index is 1.13. The molecule has 0 saturated carbocycles. The molecule has 0 amide bonds. The molecular formula is C36H27N3Si. The molecule has 0 bridgehead atoms. The van der Waals surface area contributed by atoms with Crippen molar-refractivity contribution in [3.63, 3.8) is 0 Å². The molecule has 0 N–H and O–H groups in total. The molecule has 3 nitrogen and oxygen atoms in total. The number of aromatic nitrogens is 3. The average Bonchev–Trinajstić information content (AvgIpc) is 3.46. The van der Waals surface area contributed by atoms with Gasteiger partial charge >= 0.3 is 0 Å². The summed E-state index contributed by atoms with van der Waals surface area (Å²) in [5.41, 5.74) is 11.1. The zero-order valence-electron chi connectivity index (χ0n) is 22.5. The summed E-state index contributed by atoms with van der Waals surface area (Å²) in [7, 11) is -1.80. The van der Waals surface area contributed by atoms with Gasteiger partial charge in [0.25, 0.3) is 0 Å². The first-order chi connectivity index (χ1) is 19.6. The van der Waals surface area contributed by atoms with Gasteiger partial charge in [0.05, 0.1) is 11.0 Å². The van der Waals surface area contributed by atoms with E-state index >= 15 is 0 Å². The lowest BCUT2D eigenvalue weighted by molar-refractivity contribution is 1.18. The van der Waals surface area contributed by atoms with E-state index < -0.39 is 8.07 Å². The monoisotopic (exact) mass is 529 g/mol. The molecule has 4 heteroatoms. The van der Waals surface area contributed by atoms with Gasteiger partial charge in [-0.05, 0) is 81.2 Å². The van der Waals surface area contributed by atoms with Crippen LogP contribution in [0.15, 0.2) is 128 Å². The Hall–Kier alpha value is -4.80. The number of nitrogens with zero attached hydrogens (tertiary/aromatic N) is 3. The van der Waals surface area contributed by atoms with Gasteiger partial charge in [-0.25, -0.2) is 0 Å². The Kier molecular flexibility index (Phi) is 4.97. The maximum atomic E-state index is 4.36. The van der Waals surface area contributed by atoms with Crippen molar-refractivity contribution >= 4 is 40.3 Å². The molecule has 8 rings (SSSR count). The Morgan fingerprint density at radius 1 is 0.525 bits per heavy atom. The predicted molar refractivity (Wildman–Crippen MR) is 169 cm³/mol. The van der Waals surface area contributed by atoms with Gasteiger partial charge in [-0.3, -0.25) is 9.97 Å². The lowest BCUT2D eigenvalue weighted by Crippen LogP contribution is -2.49. The molecule has 0 unspecified atom stereocenters. The van der Waals surface area contributed by atoms with Gasteiger partial charge in [0.2, 0.25) is 0 Å². The van der Waals surface area contributed by atoms with Gasteiger partial charge in [0.1, 0.15) is 8.07 Å². The number of hydrogen-bond acceptors (Lipinski definition) is 2. The minimum Gasteiger partial charge on any atom is -0.309 e. The summed E-state index contributed by atoms with van der Waals surface area (Å²) in [5.74, 6) is 0. The molecule has 4 heterocycles. The second-order valence-corrected chi connectivity index (χ2v) is 15.5. The Bertz CT molecular complexity index is 2080. The quantitative estimate of drug-likeness (QED) is 0.220. The van der Waals surface area contributed by atoms with Crippen LogP contribution in [-0.4, -0.2) is 22.6 Å². The summed E-state index contributed by atoms with van der Waals surface area (Å²) in [4.78, 5) is 8.70. The largest absolute Gasteiger partial charge is 0.309 e. The number of fused-ring (bicyclic) bond motifs is 6. The van der Waals surface area contributed by atoms with Crippen molar-refractivity contribution in [2.45, 2.75) is 13.1 Å². The molecule has 40 heavy (non-hydrogen) atoms. The highest BCUT2D eigenvalue weighted by Gasteiger charge is 2.37. The van der Waals surface area contributed by atoms with Crippen molar-refractivity contribution in [3.8, 4) is 39.1 Å². The van der Waals surface area contributed by atoms with Crippen LogP contribution < -0.4 is 10.4 Å². The Morgan fingerprint density at radius 2 is 1.15 bits per heavy atom. The molecule has 0 atom stereocenters. The first-order valence-corrected chi connectivity index (χ1v) is 16.7. The first-order valence-electron chi connectivity index (χ1n) is 13.7. The number of benzene rings is 4. The van der Waals surface area contributed by atoms with E-state index in [4.69, 9.17) is 0 Å². The zero-order chi connectivity index (χ0) is 26.8. The lowest BCUT2D eigenvalue weighted by Gasteiger charge is -2.19. The molecule has 0 spiro atoms. The minimum atomic E-state index is -1.80. The molecule has 190 valence electrons. The SMILES string of the molecule is C[Si]1(C)c2ccc(-c3cccnc3)cc2-c2cc(-n3c4ccccc4c4cc(-c5cccnc5)ccc43)ccc21. The van der Waals surface area contributed by atoms with Crippen molar-refractivity contribution in [3.05, 3.63) is 128 Å².